The highest BCUT2D eigenvalue weighted by molar-refractivity contribution is 7.98. The molecule has 24 heavy (non-hydrogen) atoms. The molecule has 1 N–H and O–H groups in total. The minimum Gasteiger partial charge on any atom is -0.342 e. The number of hydrogen-bond acceptors (Lipinski definition) is 4. The van der Waals surface area contributed by atoms with Crippen LogP contribution in [0, 0.1) is 0 Å². The van der Waals surface area contributed by atoms with Gasteiger partial charge in [0.05, 0.1) is 11.7 Å². The molecule has 0 saturated heterocycles. The molecule has 1 amide bonds. The summed E-state index contributed by atoms with van der Waals surface area (Å²) in [5, 5.41) is 2.79. The van der Waals surface area contributed by atoms with Crippen molar-refractivity contribution < 1.29 is 9.59 Å². The predicted molar refractivity (Wildman–Crippen MR) is 99.9 cm³/mol. The van der Waals surface area contributed by atoms with E-state index in [9.17, 15) is 9.59 Å². The van der Waals surface area contributed by atoms with Crippen LogP contribution in [-0.2, 0) is 4.79 Å². The smallest absolute Gasteiger partial charge is 0.252 e. The Morgan fingerprint density at radius 2 is 2.00 bits per heavy atom. The van der Waals surface area contributed by atoms with Crippen molar-refractivity contribution in [3.8, 4) is 0 Å². The van der Waals surface area contributed by atoms with E-state index in [1.807, 2.05) is 54.8 Å². The number of hydrogen-bond donors (Lipinski definition) is 1. The molecule has 2 rings (SSSR count). The van der Waals surface area contributed by atoms with Crippen molar-refractivity contribution in [2.75, 3.05) is 12.0 Å². The van der Waals surface area contributed by atoms with Crippen molar-refractivity contribution in [1.29, 1.82) is 0 Å². The molecule has 0 bridgehead atoms. The number of nitrogens with zero attached hydrogens (tertiary/aromatic N) is 1. The van der Waals surface area contributed by atoms with Gasteiger partial charge in [-0.2, -0.15) is 11.8 Å². The highest BCUT2D eigenvalue weighted by atomic mass is 32.2. The second-order valence-corrected chi connectivity index (χ2v) is 6.16. The number of rotatable bonds is 8. The van der Waals surface area contributed by atoms with E-state index in [4.69, 9.17) is 0 Å². The number of thioether (sulfide) groups is 1. The van der Waals surface area contributed by atoms with E-state index in [-0.39, 0.29) is 5.91 Å². The minimum absolute atomic E-state index is 0.241. The van der Waals surface area contributed by atoms with E-state index in [2.05, 4.69) is 10.3 Å². The fourth-order valence-corrected chi connectivity index (χ4v) is 2.65. The van der Waals surface area contributed by atoms with Gasteiger partial charge in [0.1, 0.15) is 6.29 Å². The van der Waals surface area contributed by atoms with Crippen LogP contribution in [0.1, 0.15) is 28.0 Å². The van der Waals surface area contributed by atoms with E-state index in [1.165, 1.54) is 0 Å². The molecule has 1 heterocycles. The SMILES string of the molecule is CSCCC(C=O)NC(=O)c1ccccc1/C=C/c1ccccn1. The molecule has 0 spiro atoms. The summed E-state index contributed by atoms with van der Waals surface area (Å²) < 4.78 is 0. The van der Waals surface area contributed by atoms with Crippen molar-refractivity contribution in [3.63, 3.8) is 0 Å². The molecule has 0 saturated carbocycles. The lowest BCUT2D eigenvalue weighted by Gasteiger charge is -2.13. The average molecular weight is 340 g/mol. The van der Waals surface area contributed by atoms with Gasteiger partial charge in [0.15, 0.2) is 0 Å². The number of nitrogens with one attached hydrogen (secondary N) is 1. The second-order valence-electron chi connectivity index (χ2n) is 5.17. The number of aldehydes is 1. The summed E-state index contributed by atoms with van der Waals surface area (Å²) in [5.41, 5.74) is 2.15. The molecule has 0 aliphatic carbocycles. The maximum Gasteiger partial charge on any atom is 0.252 e. The number of carbonyl (C=O) groups is 2. The Bertz CT molecular complexity index is 702. The molecule has 0 aliphatic rings. The van der Waals surface area contributed by atoms with Crippen LogP contribution in [0.2, 0.25) is 0 Å². The third-order valence-electron chi connectivity index (χ3n) is 3.44. The molecule has 1 aromatic heterocycles. The highest BCUT2D eigenvalue weighted by Crippen LogP contribution is 2.13. The topological polar surface area (TPSA) is 59.1 Å². The van der Waals surface area contributed by atoms with Gasteiger partial charge in [-0.05, 0) is 48.3 Å². The Labute approximate surface area is 146 Å². The van der Waals surface area contributed by atoms with Crippen LogP contribution < -0.4 is 5.32 Å². The molecule has 0 radical (unpaired) electrons. The Morgan fingerprint density at radius 3 is 2.71 bits per heavy atom. The first-order valence-corrected chi connectivity index (χ1v) is 9.07. The summed E-state index contributed by atoms with van der Waals surface area (Å²) in [6.07, 6.45) is 8.83. The Hall–Kier alpha value is -2.40. The highest BCUT2D eigenvalue weighted by Gasteiger charge is 2.14. The molecule has 0 aliphatic heterocycles. The van der Waals surface area contributed by atoms with Crippen LogP contribution in [0.25, 0.3) is 12.2 Å². The number of amides is 1. The summed E-state index contributed by atoms with van der Waals surface area (Å²) >= 11 is 1.65. The van der Waals surface area contributed by atoms with Crippen LogP contribution in [0.15, 0.2) is 48.7 Å². The van der Waals surface area contributed by atoms with Gasteiger partial charge in [-0.3, -0.25) is 9.78 Å². The zero-order valence-corrected chi connectivity index (χ0v) is 14.3. The zero-order chi connectivity index (χ0) is 17.2. The molecular weight excluding hydrogens is 320 g/mol. The number of pyridine rings is 1. The van der Waals surface area contributed by atoms with Crippen molar-refractivity contribution in [3.05, 3.63) is 65.5 Å². The maximum absolute atomic E-state index is 12.5. The van der Waals surface area contributed by atoms with Gasteiger partial charge < -0.3 is 10.1 Å². The van der Waals surface area contributed by atoms with Gasteiger partial charge in [0, 0.05) is 11.8 Å². The third-order valence-corrected chi connectivity index (χ3v) is 4.08. The van der Waals surface area contributed by atoms with Crippen LogP contribution in [0.4, 0.5) is 0 Å². The van der Waals surface area contributed by atoms with E-state index in [1.54, 1.807) is 24.0 Å². The van der Waals surface area contributed by atoms with E-state index < -0.39 is 6.04 Å². The van der Waals surface area contributed by atoms with Crippen molar-refractivity contribution in [2.45, 2.75) is 12.5 Å². The molecule has 1 atom stereocenters. The molecule has 4 nitrogen and oxygen atoms in total. The van der Waals surface area contributed by atoms with Crippen LogP contribution in [-0.4, -0.2) is 35.2 Å². The quantitative estimate of drug-likeness (QED) is 0.749. The van der Waals surface area contributed by atoms with E-state index >= 15 is 0 Å². The lowest BCUT2D eigenvalue weighted by Crippen LogP contribution is -2.36. The van der Waals surface area contributed by atoms with Crippen molar-refractivity contribution in [1.82, 2.24) is 10.3 Å². The van der Waals surface area contributed by atoms with Crippen LogP contribution in [0.5, 0.6) is 0 Å². The molecule has 2 aromatic rings. The molecule has 5 heteroatoms. The van der Waals surface area contributed by atoms with Gasteiger partial charge in [-0.25, -0.2) is 0 Å². The molecule has 1 unspecified atom stereocenters. The summed E-state index contributed by atoms with van der Waals surface area (Å²) in [6, 6.07) is 12.5. The van der Waals surface area contributed by atoms with Crippen LogP contribution in [0.3, 0.4) is 0 Å². The molecular formula is C19H20N2O2S. The lowest BCUT2D eigenvalue weighted by molar-refractivity contribution is -0.109. The molecule has 124 valence electrons. The summed E-state index contributed by atoms with van der Waals surface area (Å²) in [4.78, 5) is 27.8. The average Bonchev–Trinajstić information content (AvgIpc) is 2.64. The molecule has 0 fully saturated rings. The van der Waals surface area contributed by atoms with Gasteiger partial charge in [0.2, 0.25) is 0 Å². The fraction of sp³-hybridized carbons (Fsp3) is 0.211. The van der Waals surface area contributed by atoms with Crippen molar-refractivity contribution in [2.24, 2.45) is 0 Å². The van der Waals surface area contributed by atoms with Gasteiger partial charge in [-0.1, -0.05) is 30.3 Å². The fourth-order valence-electron chi connectivity index (χ4n) is 2.16. The summed E-state index contributed by atoms with van der Waals surface area (Å²) in [5.74, 6) is 0.583. The third kappa shape index (κ3) is 5.35. The first kappa shape index (κ1) is 17.9. The van der Waals surface area contributed by atoms with Gasteiger partial charge in [-0.15, -0.1) is 0 Å². The van der Waals surface area contributed by atoms with Crippen LogP contribution >= 0.6 is 11.8 Å². The Morgan fingerprint density at radius 1 is 1.21 bits per heavy atom. The van der Waals surface area contributed by atoms with Gasteiger partial charge in [0.25, 0.3) is 5.91 Å². The zero-order valence-electron chi connectivity index (χ0n) is 13.5. The summed E-state index contributed by atoms with van der Waals surface area (Å²) in [7, 11) is 0. The maximum atomic E-state index is 12.5. The predicted octanol–water partition coefficient (Wildman–Crippen LogP) is 3.30. The summed E-state index contributed by atoms with van der Waals surface area (Å²) in [6.45, 7) is 0. The first-order valence-electron chi connectivity index (χ1n) is 7.68. The second kappa shape index (κ2) is 9.67. The number of carbonyl (C=O) groups excluding carboxylic acids is 2. The first-order chi connectivity index (χ1) is 11.7. The Balaban J connectivity index is 2.14. The minimum atomic E-state index is -0.460. The van der Waals surface area contributed by atoms with Gasteiger partial charge >= 0.3 is 0 Å². The standard InChI is InChI=1S/C19H20N2O2S/c1-24-13-11-17(14-22)21-19(23)18-8-3-2-6-15(18)9-10-16-7-4-5-12-20-16/h2-10,12,14,17H,11,13H2,1H3,(H,21,23)/b10-9+. The van der Waals surface area contributed by atoms with E-state index in [0.29, 0.717) is 12.0 Å². The van der Waals surface area contributed by atoms with E-state index in [0.717, 1.165) is 23.3 Å². The molecule has 1 aromatic carbocycles. The lowest BCUT2D eigenvalue weighted by atomic mass is 10.1. The Kier molecular flexibility index (Phi) is 7.23. The number of aromatic nitrogens is 1. The monoisotopic (exact) mass is 340 g/mol. The normalized spacial score (nSPS) is 12.0. The number of benzene rings is 1. The van der Waals surface area contributed by atoms with Crippen molar-refractivity contribution >= 4 is 36.1 Å². The largest absolute Gasteiger partial charge is 0.342 e.